The fourth-order valence-electron chi connectivity index (χ4n) is 2.30. The summed E-state index contributed by atoms with van der Waals surface area (Å²) in [5.74, 6) is 1.33. The molecule has 0 aliphatic carbocycles. The molecule has 0 atom stereocenters. The molecule has 144 valence electrons. The maximum absolute atomic E-state index is 13.9. The SMILES string of the molecule is CCOc1cc(NC(=NC)NCc2cc(C#N)ccc2F)ccc1OC.I. The van der Waals surface area contributed by atoms with Gasteiger partial charge in [0.2, 0.25) is 0 Å². The van der Waals surface area contributed by atoms with E-state index >= 15 is 0 Å². The molecule has 0 aromatic heterocycles. The van der Waals surface area contributed by atoms with Gasteiger partial charge in [-0.3, -0.25) is 4.99 Å². The number of methoxy groups -OCH3 is 1. The molecule has 2 N–H and O–H groups in total. The molecule has 8 heteroatoms. The lowest BCUT2D eigenvalue weighted by molar-refractivity contribution is 0.311. The summed E-state index contributed by atoms with van der Waals surface area (Å²) in [7, 11) is 3.19. The zero-order chi connectivity index (χ0) is 18.9. The maximum Gasteiger partial charge on any atom is 0.195 e. The Balaban J connectivity index is 0.00000364. The quantitative estimate of drug-likeness (QED) is 0.370. The highest BCUT2D eigenvalue weighted by Gasteiger charge is 2.08. The van der Waals surface area contributed by atoms with Crippen molar-refractivity contribution in [2.75, 3.05) is 26.1 Å². The highest BCUT2D eigenvalue weighted by atomic mass is 127. The first-order chi connectivity index (χ1) is 12.6. The standard InChI is InChI=1S/C19H21FN4O2.HI/c1-4-26-18-10-15(6-8-17(18)25-3)24-19(22-2)23-12-14-9-13(11-21)5-7-16(14)20;/h5-10H,4,12H2,1-3H3,(H2,22,23,24);1H. The zero-order valence-corrected chi connectivity index (χ0v) is 17.7. The summed E-state index contributed by atoms with van der Waals surface area (Å²) < 4.78 is 24.7. The van der Waals surface area contributed by atoms with E-state index in [4.69, 9.17) is 14.7 Å². The smallest absolute Gasteiger partial charge is 0.195 e. The summed E-state index contributed by atoms with van der Waals surface area (Å²) in [4.78, 5) is 4.12. The number of halogens is 2. The van der Waals surface area contributed by atoms with Crippen molar-refractivity contribution in [1.29, 1.82) is 5.26 Å². The molecule has 27 heavy (non-hydrogen) atoms. The number of anilines is 1. The van der Waals surface area contributed by atoms with Crippen LogP contribution in [0.15, 0.2) is 41.4 Å². The van der Waals surface area contributed by atoms with Crippen LogP contribution in [0.4, 0.5) is 10.1 Å². The molecule has 0 radical (unpaired) electrons. The Labute approximate surface area is 175 Å². The second-order valence-electron chi connectivity index (χ2n) is 5.27. The highest BCUT2D eigenvalue weighted by molar-refractivity contribution is 14.0. The van der Waals surface area contributed by atoms with Crippen molar-refractivity contribution in [3.05, 3.63) is 53.3 Å². The summed E-state index contributed by atoms with van der Waals surface area (Å²) in [5, 5.41) is 15.1. The van der Waals surface area contributed by atoms with Crippen LogP contribution in [-0.4, -0.2) is 26.7 Å². The third-order valence-electron chi connectivity index (χ3n) is 3.57. The van der Waals surface area contributed by atoms with E-state index in [2.05, 4.69) is 15.6 Å². The lowest BCUT2D eigenvalue weighted by Crippen LogP contribution is -2.30. The van der Waals surface area contributed by atoms with Crippen LogP contribution in [0.25, 0.3) is 0 Å². The van der Waals surface area contributed by atoms with Crippen molar-refractivity contribution in [1.82, 2.24) is 5.32 Å². The van der Waals surface area contributed by atoms with Crippen LogP contribution in [0, 0.1) is 17.1 Å². The zero-order valence-electron chi connectivity index (χ0n) is 15.4. The van der Waals surface area contributed by atoms with E-state index in [0.29, 0.717) is 35.2 Å². The van der Waals surface area contributed by atoms with E-state index < -0.39 is 0 Å². The Hall–Kier alpha value is -2.54. The van der Waals surface area contributed by atoms with Crippen LogP contribution in [0.2, 0.25) is 0 Å². The minimum atomic E-state index is -0.380. The molecule has 6 nitrogen and oxygen atoms in total. The van der Waals surface area contributed by atoms with Gasteiger partial charge in [0.1, 0.15) is 5.82 Å². The van der Waals surface area contributed by atoms with Gasteiger partial charge in [-0.2, -0.15) is 5.26 Å². The van der Waals surface area contributed by atoms with E-state index in [9.17, 15) is 4.39 Å². The third-order valence-corrected chi connectivity index (χ3v) is 3.57. The average Bonchev–Trinajstić information content (AvgIpc) is 2.66. The summed E-state index contributed by atoms with van der Waals surface area (Å²) in [6, 6.07) is 11.6. The van der Waals surface area contributed by atoms with Crippen molar-refractivity contribution in [3.8, 4) is 17.6 Å². The molecule has 0 spiro atoms. The predicted octanol–water partition coefficient (Wildman–Crippen LogP) is 3.91. The minimum Gasteiger partial charge on any atom is -0.493 e. The van der Waals surface area contributed by atoms with Crippen LogP contribution in [0.5, 0.6) is 11.5 Å². The van der Waals surface area contributed by atoms with Crippen LogP contribution in [0.3, 0.4) is 0 Å². The number of nitrogens with zero attached hydrogens (tertiary/aromatic N) is 2. The number of hydrogen-bond acceptors (Lipinski definition) is 4. The van der Waals surface area contributed by atoms with E-state index in [-0.39, 0.29) is 36.3 Å². The number of rotatable bonds is 6. The number of ether oxygens (including phenoxy) is 2. The monoisotopic (exact) mass is 484 g/mol. The number of hydrogen-bond donors (Lipinski definition) is 2. The molecule has 0 fully saturated rings. The second kappa shape index (κ2) is 11.2. The number of aliphatic imine (C=N–C) groups is 1. The molecule has 0 aliphatic rings. The molecule has 2 aromatic carbocycles. The molecule has 0 heterocycles. The first kappa shape index (κ1) is 22.5. The van der Waals surface area contributed by atoms with Crippen molar-refractivity contribution in [2.24, 2.45) is 4.99 Å². The Kier molecular flexibility index (Phi) is 9.36. The van der Waals surface area contributed by atoms with Gasteiger partial charge in [-0.1, -0.05) is 0 Å². The van der Waals surface area contributed by atoms with E-state index in [0.717, 1.165) is 5.69 Å². The minimum absolute atomic E-state index is 0. The molecule has 0 aliphatic heterocycles. The largest absolute Gasteiger partial charge is 0.493 e. The number of benzene rings is 2. The summed E-state index contributed by atoms with van der Waals surface area (Å²) >= 11 is 0. The van der Waals surface area contributed by atoms with Crippen molar-refractivity contribution < 1.29 is 13.9 Å². The molecule has 2 aromatic rings. The summed E-state index contributed by atoms with van der Waals surface area (Å²) in [6.07, 6.45) is 0. The van der Waals surface area contributed by atoms with Gasteiger partial charge < -0.3 is 20.1 Å². The number of guanidine groups is 1. The molecule has 0 unspecified atom stereocenters. The lowest BCUT2D eigenvalue weighted by atomic mass is 10.1. The van der Waals surface area contributed by atoms with Crippen molar-refractivity contribution in [3.63, 3.8) is 0 Å². The molecule has 0 saturated carbocycles. The molecule has 0 saturated heterocycles. The van der Waals surface area contributed by atoms with Gasteiger partial charge in [0.05, 0.1) is 25.3 Å². The summed E-state index contributed by atoms with van der Waals surface area (Å²) in [5.41, 5.74) is 1.54. The Bertz CT molecular complexity index is 837. The first-order valence-electron chi connectivity index (χ1n) is 8.08. The first-order valence-corrected chi connectivity index (χ1v) is 8.08. The van der Waals surface area contributed by atoms with Crippen LogP contribution >= 0.6 is 24.0 Å². The average molecular weight is 484 g/mol. The molecular weight excluding hydrogens is 462 g/mol. The molecule has 2 rings (SSSR count). The molecular formula is C19H22FIN4O2. The van der Waals surface area contributed by atoms with Gasteiger partial charge in [0.25, 0.3) is 0 Å². The Morgan fingerprint density at radius 2 is 2.00 bits per heavy atom. The van der Waals surface area contributed by atoms with Crippen LogP contribution in [-0.2, 0) is 6.54 Å². The summed E-state index contributed by atoms with van der Waals surface area (Å²) in [6.45, 7) is 2.60. The van der Waals surface area contributed by atoms with Gasteiger partial charge in [0.15, 0.2) is 17.5 Å². The third kappa shape index (κ3) is 6.29. The van der Waals surface area contributed by atoms with Crippen molar-refractivity contribution in [2.45, 2.75) is 13.5 Å². The maximum atomic E-state index is 13.9. The molecule has 0 bridgehead atoms. The van der Waals surface area contributed by atoms with Gasteiger partial charge >= 0.3 is 0 Å². The topological polar surface area (TPSA) is 78.7 Å². The van der Waals surface area contributed by atoms with Crippen LogP contribution < -0.4 is 20.1 Å². The fourth-order valence-corrected chi connectivity index (χ4v) is 2.30. The Morgan fingerprint density at radius 3 is 2.63 bits per heavy atom. The normalized spacial score (nSPS) is 10.4. The van der Waals surface area contributed by atoms with Gasteiger partial charge in [0, 0.05) is 30.9 Å². The fraction of sp³-hybridized carbons (Fsp3) is 0.263. The van der Waals surface area contributed by atoms with E-state index in [1.165, 1.54) is 18.2 Å². The lowest BCUT2D eigenvalue weighted by Gasteiger charge is -2.15. The molecule has 0 amide bonds. The van der Waals surface area contributed by atoms with E-state index in [1.807, 2.05) is 19.1 Å². The number of nitrogens with one attached hydrogen (secondary N) is 2. The Morgan fingerprint density at radius 1 is 1.22 bits per heavy atom. The van der Waals surface area contributed by atoms with E-state index in [1.54, 1.807) is 26.3 Å². The van der Waals surface area contributed by atoms with Gasteiger partial charge in [-0.05, 0) is 37.3 Å². The highest BCUT2D eigenvalue weighted by Crippen LogP contribution is 2.30. The number of nitriles is 1. The van der Waals surface area contributed by atoms with Gasteiger partial charge in [-0.25, -0.2) is 4.39 Å². The van der Waals surface area contributed by atoms with Gasteiger partial charge in [-0.15, -0.1) is 24.0 Å². The van der Waals surface area contributed by atoms with Crippen molar-refractivity contribution >= 4 is 35.6 Å². The second-order valence-corrected chi connectivity index (χ2v) is 5.27. The predicted molar refractivity (Wildman–Crippen MR) is 115 cm³/mol. The van der Waals surface area contributed by atoms with Crippen LogP contribution in [0.1, 0.15) is 18.1 Å².